The standard InChI is InChI=1S/C20H28F3N5O/c1-24-19(26-17-8-10-27(13-17)14-20(21,22)23)25-9-4-7-18(29)28-11-15-5-2-3-6-16(15)12-28/h2-3,5-6,17H,4,7-14H2,1H3,(H2,24,25,26). The minimum atomic E-state index is -4.17. The summed E-state index contributed by atoms with van der Waals surface area (Å²) >= 11 is 0. The van der Waals surface area contributed by atoms with Crippen molar-refractivity contribution in [2.45, 2.75) is 44.6 Å². The molecule has 1 amide bonds. The molecule has 2 N–H and O–H groups in total. The van der Waals surface area contributed by atoms with E-state index in [0.29, 0.717) is 57.9 Å². The Kier molecular flexibility index (Phi) is 7.00. The molecular weight excluding hydrogens is 383 g/mol. The van der Waals surface area contributed by atoms with Gasteiger partial charge in [-0.2, -0.15) is 13.2 Å². The summed E-state index contributed by atoms with van der Waals surface area (Å²) < 4.78 is 37.5. The van der Waals surface area contributed by atoms with Crippen molar-refractivity contribution in [3.05, 3.63) is 35.4 Å². The molecule has 0 radical (unpaired) electrons. The zero-order valence-electron chi connectivity index (χ0n) is 16.6. The first-order chi connectivity index (χ1) is 13.8. The highest BCUT2D eigenvalue weighted by atomic mass is 19.4. The number of hydrogen-bond donors (Lipinski definition) is 2. The van der Waals surface area contributed by atoms with Crippen LogP contribution >= 0.6 is 0 Å². The number of nitrogens with zero attached hydrogens (tertiary/aromatic N) is 3. The number of fused-ring (bicyclic) bond motifs is 1. The van der Waals surface area contributed by atoms with Crippen LogP contribution in [0.2, 0.25) is 0 Å². The van der Waals surface area contributed by atoms with Crippen LogP contribution in [0.4, 0.5) is 13.2 Å². The quantitative estimate of drug-likeness (QED) is 0.428. The first kappa shape index (κ1) is 21.4. The summed E-state index contributed by atoms with van der Waals surface area (Å²) in [5.74, 6) is 0.689. The van der Waals surface area contributed by atoms with Gasteiger partial charge in [0.05, 0.1) is 6.54 Å². The van der Waals surface area contributed by atoms with Crippen LogP contribution in [0.3, 0.4) is 0 Å². The molecule has 1 fully saturated rings. The SMILES string of the molecule is CN=C(NCCCC(=O)N1Cc2ccccc2C1)NC1CCN(CC(F)(F)F)C1. The molecule has 3 rings (SSSR count). The van der Waals surface area contributed by atoms with Gasteiger partial charge in [-0.15, -0.1) is 0 Å². The average Bonchev–Trinajstić information content (AvgIpc) is 3.29. The van der Waals surface area contributed by atoms with Crippen molar-refractivity contribution in [2.75, 3.05) is 33.2 Å². The molecule has 1 aromatic carbocycles. The number of amides is 1. The lowest BCUT2D eigenvalue weighted by Crippen LogP contribution is -2.45. The molecule has 1 unspecified atom stereocenters. The molecule has 0 bridgehead atoms. The first-order valence-electron chi connectivity index (χ1n) is 9.95. The molecule has 29 heavy (non-hydrogen) atoms. The van der Waals surface area contributed by atoms with Gasteiger partial charge >= 0.3 is 6.18 Å². The fraction of sp³-hybridized carbons (Fsp3) is 0.600. The molecule has 160 valence electrons. The molecule has 2 aliphatic heterocycles. The predicted octanol–water partition coefficient (Wildman–Crippen LogP) is 2.11. The smallest absolute Gasteiger partial charge is 0.356 e. The third kappa shape index (κ3) is 6.35. The van der Waals surface area contributed by atoms with Crippen molar-refractivity contribution in [3.8, 4) is 0 Å². The fourth-order valence-corrected chi connectivity index (χ4v) is 3.85. The van der Waals surface area contributed by atoms with Crippen LogP contribution in [0.15, 0.2) is 29.3 Å². The Morgan fingerprint density at radius 3 is 2.55 bits per heavy atom. The number of halogens is 3. The number of carbonyl (C=O) groups is 1. The lowest BCUT2D eigenvalue weighted by Gasteiger charge is -2.20. The van der Waals surface area contributed by atoms with Crippen molar-refractivity contribution in [1.29, 1.82) is 0 Å². The Labute approximate surface area is 169 Å². The summed E-state index contributed by atoms with van der Waals surface area (Å²) in [6.07, 6.45) is -2.42. The zero-order chi connectivity index (χ0) is 20.9. The highest BCUT2D eigenvalue weighted by Gasteiger charge is 2.34. The van der Waals surface area contributed by atoms with Crippen LogP contribution in [-0.2, 0) is 17.9 Å². The second-order valence-electron chi connectivity index (χ2n) is 7.60. The van der Waals surface area contributed by atoms with E-state index in [1.165, 1.54) is 16.0 Å². The monoisotopic (exact) mass is 411 g/mol. The Morgan fingerprint density at radius 1 is 1.24 bits per heavy atom. The second-order valence-corrected chi connectivity index (χ2v) is 7.60. The van der Waals surface area contributed by atoms with E-state index in [-0.39, 0.29) is 11.9 Å². The second kappa shape index (κ2) is 9.47. The van der Waals surface area contributed by atoms with Gasteiger partial charge in [-0.3, -0.25) is 14.7 Å². The van der Waals surface area contributed by atoms with E-state index < -0.39 is 12.7 Å². The summed E-state index contributed by atoms with van der Waals surface area (Å²) in [5.41, 5.74) is 2.42. The van der Waals surface area contributed by atoms with Gasteiger partial charge in [0.25, 0.3) is 0 Å². The molecule has 0 spiro atoms. The molecule has 0 aliphatic carbocycles. The largest absolute Gasteiger partial charge is 0.401 e. The maximum Gasteiger partial charge on any atom is 0.401 e. The van der Waals surface area contributed by atoms with Gasteiger partial charge in [0.2, 0.25) is 5.91 Å². The highest BCUT2D eigenvalue weighted by molar-refractivity contribution is 5.80. The number of carbonyl (C=O) groups excluding carboxylic acids is 1. The van der Waals surface area contributed by atoms with Crippen LogP contribution < -0.4 is 10.6 Å². The maximum atomic E-state index is 12.5. The summed E-state index contributed by atoms with van der Waals surface area (Å²) in [7, 11) is 1.63. The number of hydrogen-bond acceptors (Lipinski definition) is 3. The molecule has 1 saturated heterocycles. The van der Waals surface area contributed by atoms with Gasteiger partial charge in [-0.1, -0.05) is 24.3 Å². The normalized spacial score (nSPS) is 20.1. The van der Waals surface area contributed by atoms with E-state index in [1.807, 2.05) is 17.0 Å². The van der Waals surface area contributed by atoms with Gasteiger partial charge in [0.15, 0.2) is 5.96 Å². The van der Waals surface area contributed by atoms with Gasteiger partial charge in [0, 0.05) is 52.2 Å². The van der Waals surface area contributed by atoms with Gasteiger partial charge in [-0.25, -0.2) is 0 Å². The van der Waals surface area contributed by atoms with E-state index >= 15 is 0 Å². The number of aliphatic imine (C=N–C) groups is 1. The molecule has 6 nitrogen and oxygen atoms in total. The summed E-state index contributed by atoms with van der Waals surface area (Å²) in [6, 6.07) is 8.02. The van der Waals surface area contributed by atoms with E-state index in [4.69, 9.17) is 0 Å². The first-order valence-corrected chi connectivity index (χ1v) is 9.95. The fourth-order valence-electron chi connectivity index (χ4n) is 3.85. The van der Waals surface area contributed by atoms with Gasteiger partial charge < -0.3 is 15.5 Å². The van der Waals surface area contributed by atoms with Crippen LogP contribution in [-0.4, -0.2) is 67.1 Å². The molecule has 1 atom stereocenters. The average molecular weight is 411 g/mol. The molecule has 2 heterocycles. The highest BCUT2D eigenvalue weighted by Crippen LogP contribution is 2.23. The maximum absolute atomic E-state index is 12.5. The van der Waals surface area contributed by atoms with Crippen molar-refractivity contribution >= 4 is 11.9 Å². The van der Waals surface area contributed by atoms with Gasteiger partial charge in [-0.05, 0) is 24.0 Å². The summed E-state index contributed by atoms with van der Waals surface area (Å²) in [5, 5.41) is 6.32. The van der Waals surface area contributed by atoms with Crippen molar-refractivity contribution < 1.29 is 18.0 Å². The van der Waals surface area contributed by atoms with E-state index in [0.717, 1.165) is 0 Å². The number of guanidine groups is 1. The van der Waals surface area contributed by atoms with E-state index in [2.05, 4.69) is 27.8 Å². The van der Waals surface area contributed by atoms with Crippen molar-refractivity contribution in [1.82, 2.24) is 20.4 Å². The van der Waals surface area contributed by atoms with Crippen LogP contribution in [0.25, 0.3) is 0 Å². The molecular formula is C20H28F3N5O. The van der Waals surface area contributed by atoms with E-state index in [1.54, 1.807) is 7.05 Å². The van der Waals surface area contributed by atoms with Crippen molar-refractivity contribution in [2.24, 2.45) is 4.99 Å². The number of benzene rings is 1. The number of alkyl halides is 3. The number of nitrogens with one attached hydrogen (secondary N) is 2. The third-order valence-corrected chi connectivity index (χ3v) is 5.29. The Morgan fingerprint density at radius 2 is 1.93 bits per heavy atom. The van der Waals surface area contributed by atoms with Crippen LogP contribution in [0.1, 0.15) is 30.4 Å². The van der Waals surface area contributed by atoms with Crippen LogP contribution in [0, 0.1) is 0 Å². The topological polar surface area (TPSA) is 60.0 Å². The minimum absolute atomic E-state index is 0.0618. The Bertz CT molecular complexity index is 712. The van der Waals surface area contributed by atoms with Crippen molar-refractivity contribution in [3.63, 3.8) is 0 Å². The molecule has 1 aromatic rings. The van der Waals surface area contributed by atoms with E-state index in [9.17, 15) is 18.0 Å². The number of rotatable bonds is 6. The number of likely N-dealkylation sites (tertiary alicyclic amines) is 1. The van der Waals surface area contributed by atoms with Gasteiger partial charge in [0.1, 0.15) is 0 Å². The summed E-state index contributed by atoms with van der Waals surface area (Å²) in [4.78, 5) is 19.8. The summed E-state index contributed by atoms with van der Waals surface area (Å²) in [6.45, 7) is 1.80. The Balaban J connectivity index is 1.33. The third-order valence-electron chi connectivity index (χ3n) is 5.29. The molecule has 0 saturated carbocycles. The Hall–Kier alpha value is -2.29. The molecule has 2 aliphatic rings. The minimum Gasteiger partial charge on any atom is -0.356 e. The van der Waals surface area contributed by atoms with Crippen LogP contribution in [0.5, 0.6) is 0 Å². The molecule has 9 heteroatoms. The predicted molar refractivity (Wildman–Crippen MR) is 105 cm³/mol. The molecule has 0 aromatic heterocycles. The lowest BCUT2D eigenvalue weighted by molar-refractivity contribution is -0.143. The zero-order valence-corrected chi connectivity index (χ0v) is 16.6. The lowest BCUT2D eigenvalue weighted by atomic mass is 10.1.